The second-order valence-electron chi connectivity index (χ2n) is 7.96. The molecule has 0 radical (unpaired) electrons. The van der Waals surface area contributed by atoms with Crippen LogP contribution in [0.3, 0.4) is 0 Å². The quantitative estimate of drug-likeness (QED) is 0.612. The number of halogens is 2. The topological polar surface area (TPSA) is 130 Å². The van der Waals surface area contributed by atoms with Gasteiger partial charge >= 0.3 is 6.09 Å². The summed E-state index contributed by atoms with van der Waals surface area (Å²) in [5.74, 6) is -3.32. The molecule has 0 bridgehead atoms. The lowest BCUT2D eigenvalue weighted by atomic mass is 10.1. The Hall–Kier alpha value is -3.19. The van der Waals surface area contributed by atoms with Crippen molar-refractivity contribution in [3.8, 4) is 5.75 Å². The SMILES string of the molecule is CCC1C[C@H]2NS(=O)(=O)c3cn(C)c(C(=O)Nc4ccc(F)c(F)c4)c3OC[C@H]2N1C(=O)O. The van der Waals surface area contributed by atoms with Gasteiger partial charge in [0.25, 0.3) is 5.91 Å². The Bertz CT molecular complexity index is 1230. The van der Waals surface area contributed by atoms with E-state index in [9.17, 15) is 31.9 Å². The highest BCUT2D eigenvalue weighted by Gasteiger charge is 2.47. The zero-order chi connectivity index (χ0) is 24.1. The van der Waals surface area contributed by atoms with Crippen molar-refractivity contribution in [3.05, 3.63) is 41.7 Å². The molecule has 1 unspecified atom stereocenters. The molecule has 0 saturated carbocycles. The van der Waals surface area contributed by atoms with Crippen LogP contribution in [0.4, 0.5) is 19.3 Å². The summed E-state index contributed by atoms with van der Waals surface area (Å²) < 4.78 is 62.5. The van der Waals surface area contributed by atoms with Crippen molar-refractivity contribution in [2.45, 2.75) is 42.8 Å². The lowest BCUT2D eigenvalue weighted by Crippen LogP contribution is -2.51. The van der Waals surface area contributed by atoms with Crippen LogP contribution in [0, 0.1) is 11.6 Å². The van der Waals surface area contributed by atoms with Crippen molar-refractivity contribution >= 4 is 27.7 Å². The van der Waals surface area contributed by atoms with E-state index >= 15 is 0 Å². The molecule has 4 rings (SSSR count). The van der Waals surface area contributed by atoms with Crippen LogP contribution in [0.1, 0.15) is 30.3 Å². The van der Waals surface area contributed by atoms with Crippen LogP contribution in [-0.4, -0.2) is 59.7 Å². The van der Waals surface area contributed by atoms with Gasteiger partial charge in [0.1, 0.15) is 11.5 Å². The summed E-state index contributed by atoms with van der Waals surface area (Å²) in [6.45, 7) is 1.63. The molecule has 2 aromatic rings. The van der Waals surface area contributed by atoms with Gasteiger partial charge in [-0.25, -0.2) is 26.7 Å². The monoisotopic (exact) mass is 484 g/mol. The lowest BCUT2D eigenvalue weighted by Gasteiger charge is -2.30. The van der Waals surface area contributed by atoms with Gasteiger partial charge in [-0.05, 0) is 25.0 Å². The van der Waals surface area contributed by atoms with Crippen molar-refractivity contribution in [2.75, 3.05) is 11.9 Å². The number of anilines is 1. The average molecular weight is 484 g/mol. The predicted molar refractivity (Wildman–Crippen MR) is 112 cm³/mol. The molecule has 1 fully saturated rings. The molecule has 2 aliphatic heterocycles. The number of aromatic nitrogens is 1. The van der Waals surface area contributed by atoms with Crippen LogP contribution in [-0.2, 0) is 17.1 Å². The minimum atomic E-state index is -4.16. The maximum absolute atomic E-state index is 13.5. The van der Waals surface area contributed by atoms with E-state index in [1.165, 1.54) is 22.7 Å². The van der Waals surface area contributed by atoms with Crippen molar-refractivity contribution in [2.24, 2.45) is 7.05 Å². The number of carbonyl (C=O) groups excluding carboxylic acids is 1. The Morgan fingerprint density at radius 1 is 1.30 bits per heavy atom. The number of carbonyl (C=O) groups is 2. The number of carboxylic acid groups (broad SMARTS) is 1. The summed E-state index contributed by atoms with van der Waals surface area (Å²) in [6.07, 6.45) is 0.806. The first-order chi connectivity index (χ1) is 15.5. The molecule has 2 amide bonds. The maximum atomic E-state index is 13.5. The Morgan fingerprint density at radius 2 is 2.03 bits per heavy atom. The summed E-state index contributed by atoms with van der Waals surface area (Å²) >= 11 is 0. The van der Waals surface area contributed by atoms with Crippen LogP contribution in [0.25, 0.3) is 0 Å². The molecular formula is C20H22F2N4O6S. The number of aryl methyl sites for hydroxylation is 1. The highest BCUT2D eigenvalue weighted by molar-refractivity contribution is 7.89. The van der Waals surface area contributed by atoms with Gasteiger partial charge in [0.2, 0.25) is 10.0 Å². The number of nitrogens with one attached hydrogen (secondary N) is 2. The second-order valence-corrected chi connectivity index (χ2v) is 9.64. The Kier molecular flexibility index (Phi) is 5.78. The van der Waals surface area contributed by atoms with Crippen LogP contribution in [0.5, 0.6) is 5.75 Å². The summed E-state index contributed by atoms with van der Waals surface area (Å²) in [5, 5.41) is 12.1. The smallest absolute Gasteiger partial charge is 0.407 e. The first-order valence-corrected chi connectivity index (χ1v) is 11.6. The van der Waals surface area contributed by atoms with E-state index in [1.807, 2.05) is 6.92 Å². The molecule has 3 atom stereocenters. The maximum Gasteiger partial charge on any atom is 0.407 e. The highest BCUT2D eigenvalue weighted by Crippen LogP contribution is 2.36. The first-order valence-electron chi connectivity index (χ1n) is 10.2. The average Bonchev–Trinajstić information content (AvgIpc) is 3.25. The number of amides is 2. The van der Waals surface area contributed by atoms with Gasteiger partial charge in [-0.15, -0.1) is 0 Å². The normalized spacial score (nSPS) is 23.6. The van der Waals surface area contributed by atoms with Crippen LogP contribution in [0.2, 0.25) is 0 Å². The van der Waals surface area contributed by atoms with E-state index < -0.39 is 45.7 Å². The van der Waals surface area contributed by atoms with Crippen LogP contribution >= 0.6 is 0 Å². The number of hydrogen-bond acceptors (Lipinski definition) is 5. The molecule has 3 heterocycles. The van der Waals surface area contributed by atoms with Gasteiger partial charge in [-0.3, -0.25) is 9.69 Å². The second kappa shape index (κ2) is 8.30. The van der Waals surface area contributed by atoms with Gasteiger partial charge < -0.3 is 19.7 Å². The number of benzene rings is 1. The molecule has 0 spiro atoms. The largest absolute Gasteiger partial charge is 0.487 e. The van der Waals surface area contributed by atoms with Crippen molar-refractivity contribution in [1.82, 2.24) is 14.2 Å². The Morgan fingerprint density at radius 3 is 2.67 bits per heavy atom. The molecule has 1 aromatic carbocycles. The number of nitrogens with zero attached hydrogens (tertiary/aromatic N) is 2. The summed E-state index contributed by atoms with van der Waals surface area (Å²) in [5.41, 5.74) is -0.218. The number of rotatable bonds is 3. The van der Waals surface area contributed by atoms with Crippen LogP contribution < -0.4 is 14.8 Å². The van der Waals surface area contributed by atoms with Crippen molar-refractivity contribution in [1.29, 1.82) is 0 Å². The van der Waals surface area contributed by atoms with E-state index in [-0.39, 0.29) is 34.7 Å². The van der Waals surface area contributed by atoms with E-state index in [0.29, 0.717) is 12.8 Å². The number of hydrogen-bond donors (Lipinski definition) is 3. The molecule has 1 saturated heterocycles. The fourth-order valence-electron chi connectivity index (χ4n) is 4.38. The minimum absolute atomic E-state index is 0.0422. The van der Waals surface area contributed by atoms with E-state index in [4.69, 9.17) is 4.74 Å². The fraction of sp³-hybridized carbons (Fsp3) is 0.400. The van der Waals surface area contributed by atoms with Crippen LogP contribution in [0.15, 0.2) is 29.3 Å². The molecule has 2 aliphatic rings. The standard InChI is InChI=1S/C20H22F2N4O6S/c1-3-11-7-14-15(26(11)20(28)29)9-32-18-16(33(30,31)24-14)8-25(2)17(18)19(27)23-10-4-5-12(21)13(22)6-10/h4-6,8,11,14-15,24H,3,7,9H2,1-2H3,(H,23,27)(H,28,29)/t11?,14-,15-/m1/s1. The number of sulfonamides is 1. The molecule has 3 N–H and O–H groups in total. The zero-order valence-electron chi connectivity index (χ0n) is 17.7. The Balaban J connectivity index is 1.70. The third-order valence-electron chi connectivity index (χ3n) is 5.92. The van der Waals surface area contributed by atoms with E-state index in [1.54, 1.807) is 0 Å². The molecule has 13 heteroatoms. The predicted octanol–water partition coefficient (Wildman–Crippen LogP) is 2.13. The van der Waals surface area contributed by atoms with Crippen molar-refractivity contribution < 1.29 is 36.6 Å². The van der Waals surface area contributed by atoms with Crippen molar-refractivity contribution in [3.63, 3.8) is 0 Å². The molecule has 178 valence electrons. The van der Waals surface area contributed by atoms with Gasteiger partial charge in [0.05, 0.1) is 6.04 Å². The highest BCUT2D eigenvalue weighted by atomic mass is 32.2. The molecule has 33 heavy (non-hydrogen) atoms. The summed E-state index contributed by atoms with van der Waals surface area (Å²) in [7, 11) is -2.73. The molecule has 10 nitrogen and oxygen atoms in total. The van der Waals surface area contributed by atoms with E-state index in [2.05, 4.69) is 10.0 Å². The van der Waals surface area contributed by atoms with Gasteiger partial charge in [-0.2, -0.15) is 0 Å². The fourth-order valence-corrected chi connectivity index (χ4v) is 5.85. The van der Waals surface area contributed by atoms with Gasteiger partial charge in [-0.1, -0.05) is 6.92 Å². The number of ether oxygens (including phenoxy) is 1. The number of likely N-dealkylation sites (tertiary alicyclic amines) is 1. The molecule has 1 aromatic heterocycles. The van der Waals surface area contributed by atoms with Gasteiger partial charge in [0, 0.05) is 37.1 Å². The number of fused-ring (bicyclic) bond motifs is 2. The zero-order valence-corrected chi connectivity index (χ0v) is 18.5. The summed E-state index contributed by atoms with van der Waals surface area (Å²) in [4.78, 5) is 25.7. The molecule has 0 aliphatic carbocycles. The van der Waals surface area contributed by atoms with E-state index in [0.717, 1.165) is 18.2 Å². The minimum Gasteiger partial charge on any atom is -0.487 e. The third-order valence-corrected chi connectivity index (χ3v) is 7.41. The molecular weight excluding hydrogens is 462 g/mol. The van der Waals surface area contributed by atoms with Gasteiger partial charge in [0.15, 0.2) is 23.1 Å². The third kappa shape index (κ3) is 4.02. The first kappa shape index (κ1) is 23.0. The lowest BCUT2D eigenvalue weighted by molar-refractivity contribution is 0.0956. The Labute approximate surface area is 188 Å². The summed E-state index contributed by atoms with van der Waals surface area (Å²) in [6, 6.07) is 0.916.